The van der Waals surface area contributed by atoms with Gasteiger partial charge in [-0.05, 0) is 38.3 Å². The number of fused-ring (bicyclic) bond motifs is 1. The maximum absolute atomic E-state index is 12.4. The van der Waals surface area contributed by atoms with Gasteiger partial charge in [0.15, 0.2) is 5.82 Å². The van der Waals surface area contributed by atoms with Gasteiger partial charge in [0, 0.05) is 0 Å². The number of nitrogen functional groups attached to an aromatic ring is 1. The van der Waals surface area contributed by atoms with Crippen LogP contribution >= 0.6 is 7.82 Å². The quantitative estimate of drug-likeness (QED) is 0.0829. The molecule has 0 aromatic carbocycles. The molecule has 43 heavy (non-hydrogen) atoms. The molecule has 1 fully saturated rings. The Hall–Kier alpha value is -1.51. The van der Waals surface area contributed by atoms with Crippen molar-refractivity contribution < 1.29 is 23.2 Å². The van der Waals surface area contributed by atoms with Crippen molar-refractivity contribution in [1.29, 1.82) is 0 Å². The summed E-state index contributed by atoms with van der Waals surface area (Å²) in [5, 5.41) is 4.29. The molecular weight excluding hydrogens is 563 g/mol. The van der Waals surface area contributed by atoms with E-state index in [0.717, 1.165) is 36.9 Å². The number of rotatable bonds is 25. The second-order valence-corrected chi connectivity index (χ2v) is 14.2. The van der Waals surface area contributed by atoms with E-state index in [2.05, 4.69) is 17.0 Å². The second-order valence-electron chi connectivity index (χ2n) is 12.7. The lowest BCUT2D eigenvalue weighted by Gasteiger charge is -2.25. The number of nitrogens with zero attached hydrogens (tertiary/aromatic N) is 3. The molecule has 0 radical (unpaired) electrons. The van der Waals surface area contributed by atoms with Gasteiger partial charge in [-0.25, -0.2) is 14.1 Å². The number of phosphoric acid groups is 1. The molecule has 1 aliphatic heterocycles. The normalized spacial score (nSPS) is 20.2. The van der Waals surface area contributed by atoms with Crippen LogP contribution in [0.25, 0.3) is 5.52 Å². The van der Waals surface area contributed by atoms with Crippen molar-refractivity contribution >= 4 is 19.2 Å². The third-order valence-electron chi connectivity index (χ3n) is 8.74. The number of ether oxygens (including phenoxy) is 1. The molecule has 2 aromatic heterocycles. The highest BCUT2D eigenvalue weighted by Gasteiger charge is 2.40. The molecule has 0 spiro atoms. The summed E-state index contributed by atoms with van der Waals surface area (Å²) in [7, 11) is -4.13. The Labute approximate surface area is 260 Å². The lowest BCUT2D eigenvalue weighted by molar-refractivity contribution is -0.0636. The molecule has 0 bridgehead atoms. The molecule has 10 heteroatoms. The Kier molecular flexibility index (Phi) is 16.5. The van der Waals surface area contributed by atoms with E-state index in [9.17, 15) is 9.46 Å². The standard InChI is InChI=1S/C33H59N4O5P/c1-3-4-5-6-7-8-9-10-11-12-13-14-15-16-17-18-19-20-21-26-40-43(38,39)41-27-33(2)25-24-31(42-33)29-22-23-30-32(34)35-28-36-37(29)30/h22-23,28,31H,3-21,24-27H2,1-2H3,(H,38,39)(H2,34,35,36)/t31-,33+/m1/s1. The van der Waals surface area contributed by atoms with Crippen LogP contribution in [0.15, 0.2) is 18.5 Å². The van der Waals surface area contributed by atoms with Crippen LogP contribution in [0.3, 0.4) is 0 Å². The van der Waals surface area contributed by atoms with Crippen LogP contribution in [0.2, 0.25) is 0 Å². The van der Waals surface area contributed by atoms with Crippen LogP contribution in [0, 0.1) is 0 Å². The first-order valence-electron chi connectivity index (χ1n) is 17.2. The summed E-state index contributed by atoms with van der Waals surface area (Å²) < 4.78 is 31.0. The third-order valence-corrected chi connectivity index (χ3v) is 9.70. The second kappa shape index (κ2) is 19.8. The lowest BCUT2D eigenvalue weighted by atomic mass is 10.0. The van der Waals surface area contributed by atoms with E-state index >= 15 is 0 Å². The molecule has 0 amide bonds. The van der Waals surface area contributed by atoms with Gasteiger partial charge in [0.2, 0.25) is 0 Å². The smallest absolute Gasteiger partial charge is 0.382 e. The van der Waals surface area contributed by atoms with Crippen LogP contribution in [0.5, 0.6) is 0 Å². The maximum Gasteiger partial charge on any atom is 0.472 e. The third kappa shape index (κ3) is 13.6. The highest BCUT2D eigenvalue weighted by molar-refractivity contribution is 7.47. The monoisotopic (exact) mass is 622 g/mol. The van der Waals surface area contributed by atoms with Crippen molar-refractivity contribution in [3.05, 3.63) is 24.2 Å². The molecule has 246 valence electrons. The summed E-state index contributed by atoms with van der Waals surface area (Å²) in [6.07, 6.45) is 27.6. The number of aromatic nitrogens is 3. The van der Waals surface area contributed by atoms with Crippen molar-refractivity contribution in [1.82, 2.24) is 14.6 Å². The van der Waals surface area contributed by atoms with Crippen LogP contribution < -0.4 is 5.73 Å². The molecule has 0 saturated carbocycles. The van der Waals surface area contributed by atoms with E-state index in [1.54, 1.807) is 4.52 Å². The summed E-state index contributed by atoms with van der Waals surface area (Å²) in [4.78, 5) is 14.2. The largest absolute Gasteiger partial charge is 0.472 e. The summed E-state index contributed by atoms with van der Waals surface area (Å²) in [5.41, 5.74) is 6.85. The van der Waals surface area contributed by atoms with E-state index in [1.165, 1.54) is 109 Å². The van der Waals surface area contributed by atoms with Gasteiger partial charge < -0.3 is 15.4 Å². The van der Waals surface area contributed by atoms with E-state index in [4.69, 9.17) is 19.5 Å². The zero-order valence-electron chi connectivity index (χ0n) is 27.0. The van der Waals surface area contributed by atoms with Gasteiger partial charge in [0.25, 0.3) is 0 Å². The van der Waals surface area contributed by atoms with Crippen molar-refractivity contribution in [3.63, 3.8) is 0 Å². The summed E-state index contributed by atoms with van der Waals surface area (Å²) in [5.74, 6) is 0.411. The number of hydrogen-bond donors (Lipinski definition) is 2. The SMILES string of the molecule is CCCCCCCCCCCCCCCCCCCCCOP(=O)(O)OC[C@]1(C)CC[C@H](c2ccc3c(N)ncnn23)O1. The van der Waals surface area contributed by atoms with Gasteiger partial charge in [0.05, 0.1) is 24.5 Å². The van der Waals surface area contributed by atoms with E-state index in [-0.39, 0.29) is 19.3 Å². The molecule has 0 aliphatic carbocycles. The Morgan fingerprint density at radius 3 is 2.00 bits per heavy atom. The number of anilines is 1. The number of hydrogen-bond acceptors (Lipinski definition) is 7. The van der Waals surface area contributed by atoms with Gasteiger partial charge >= 0.3 is 7.82 Å². The van der Waals surface area contributed by atoms with Crippen LogP contribution in [-0.2, 0) is 18.3 Å². The van der Waals surface area contributed by atoms with E-state index in [0.29, 0.717) is 12.2 Å². The zero-order chi connectivity index (χ0) is 30.8. The molecule has 3 rings (SSSR count). The van der Waals surface area contributed by atoms with Gasteiger partial charge in [-0.15, -0.1) is 0 Å². The van der Waals surface area contributed by atoms with Crippen molar-refractivity contribution in [2.45, 2.75) is 160 Å². The number of phosphoric ester groups is 1. The van der Waals surface area contributed by atoms with Gasteiger partial charge in [0.1, 0.15) is 17.9 Å². The average molecular weight is 623 g/mol. The Morgan fingerprint density at radius 2 is 1.44 bits per heavy atom. The lowest BCUT2D eigenvalue weighted by Crippen LogP contribution is -2.30. The van der Waals surface area contributed by atoms with E-state index in [1.807, 2.05) is 19.1 Å². The first-order chi connectivity index (χ1) is 20.8. The maximum atomic E-state index is 12.4. The predicted octanol–water partition coefficient (Wildman–Crippen LogP) is 9.49. The van der Waals surface area contributed by atoms with Crippen molar-refractivity contribution in [2.75, 3.05) is 18.9 Å². The Bertz CT molecular complexity index is 1080. The van der Waals surface area contributed by atoms with Crippen LogP contribution in [0.4, 0.5) is 5.82 Å². The minimum atomic E-state index is -4.13. The number of unbranched alkanes of at least 4 members (excludes halogenated alkanes) is 18. The summed E-state index contributed by atoms with van der Waals surface area (Å²) in [6.45, 7) is 4.38. The molecular formula is C33H59N4O5P. The van der Waals surface area contributed by atoms with Crippen LogP contribution in [-0.4, -0.2) is 38.3 Å². The predicted molar refractivity (Wildman–Crippen MR) is 174 cm³/mol. The van der Waals surface area contributed by atoms with Gasteiger partial charge in [-0.3, -0.25) is 9.05 Å². The fraction of sp³-hybridized carbons (Fsp3) is 0.818. The summed E-state index contributed by atoms with van der Waals surface area (Å²) in [6, 6.07) is 3.80. The minimum Gasteiger partial charge on any atom is -0.382 e. The van der Waals surface area contributed by atoms with Crippen LogP contribution in [0.1, 0.15) is 160 Å². The topological polar surface area (TPSA) is 121 Å². The fourth-order valence-electron chi connectivity index (χ4n) is 6.04. The molecule has 2 aromatic rings. The highest BCUT2D eigenvalue weighted by atomic mass is 31.2. The first-order valence-corrected chi connectivity index (χ1v) is 18.7. The Balaban J connectivity index is 1.13. The molecule has 9 nitrogen and oxygen atoms in total. The van der Waals surface area contributed by atoms with Crippen molar-refractivity contribution in [2.24, 2.45) is 0 Å². The molecule has 1 unspecified atom stereocenters. The fourth-order valence-corrected chi connectivity index (χ4v) is 6.92. The first kappa shape index (κ1) is 36.0. The van der Waals surface area contributed by atoms with Gasteiger partial charge in [-0.1, -0.05) is 122 Å². The molecule has 3 atom stereocenters. The molecule has 1 aliphatic rings. The Morgan fingerprint density at radius 1 is 0.907 bits per heavy atom. The van der Waals surface area contributed by atoms with E-state index < -0.39 is 13.4 Å². The number of nitrogens with two attached hydrogens (primary N) is 1. The van der Waals surface area contributed by atoms with Crippen molar-refractivity contribution in [3.8, 4) is 0 Å². The molecule has 1 saturated heterocycles. The minimum absolute atomic E-state index is 0.0170. The highest BCUT2D eigenvalue weighted by Crippen LogP contribution is 2.47. The summed E-state index contributed by atoms with van der Waals surface area (Å²) >= 11 is 0. The zero-order valence-corrected chi connectivity index (χ0v) is 27.9. The average Bonchev–Trinajstić information content (AvgIpc) is 3.60. The molecule has 3 heterocycles. The van der Waals surface area contributed by atoms with Gasteiger partial charge in [-0.2, -0.15) is 5.10 Å². The molecule has 3 N–H and O–H groups in total.